The predicted octanol–water partition coefficient (Wildman–Crippen LogP) is 5.08. The van der Waals surface area contributed by atoms with Crippen LogP contribution in [0.1, 0.15) is 43.6 Å². The minimum atomic E-state index is -4.41. The van der Waals surface area contributed by atoms with E-state index < -0.39 is 30.7 Å². The number of aryl methyl sites for hydroxylation is 2. The number of pyridine rings is 1. The maximum Gasteiger partial charge on any atom is 0.389 e. The fourth-order valence-corrected chi connectivity index (χ4v) is 4.20. The number of carbonyl (C=O) groups excluding carboxylic acids is 1. The first-order valence-electron chi connectivity index (χ1n) is 10.9. The highest BCUT2D eigenvalue weighted by atomic mass is 19.4. The number of hydrogen-bond donors (Lipinski definition) is 1. The molecule has 1 aliphatic rings. The number of morpholine rings is 1. The summed E-state index contributed by atoms with van der Waals surface area (Å²) in [5.41, 5.74) is 3.46. The van der Waals surface area contributed by atoms with Crippen LogP contribution in [0.2, 0.25) is 0 Å². The number of amides is 1. The van der Waals surface area contributed by atoms with E-state index >= 15 is 4.39 Å². The van der Waals surface area contributed by atoms with Gasteiger partial charge < -0.3 is 15.0 Å². The van der Waals surface area contributed by atoms with Gasteiger partial charge in [0.25, 0.3) is 0 Å². The predicted molar refractivity (Wildman–Crippen MR) is 118 cm³/mol. The summed E-state index contributed by atoms with van der Waals surface area (Å²) in [5, 5.41) is 2.52. The first kappa shape index (κ1) is 25.0. The van der Waals surface area contributed by atoms with E-state index in [1.807, 2.05) is 18.7 Å². The number of nitrogens with zero attached hydrogens (tertiary/aromatic N) is 2. The largest absolute Gasteiger partial charge is 0.389 e. The van der Waals surface area contributed by atoms with Gasteiger partial charge in [-0.3, -0.25) is 9.78 Å². The Labute approximate surface area is 191 Å². The van der Waals surface area contributed by atoms with Crippen molar-refractivity contribution in [1.82, 2.24) is 10.3 Å². The topological polar surface area (TPSA) is 54.5 Å². The normalized spacial score (nSPS) is 19.0. The lowest BCUT2D eigenvalue weighted by Gasteiger charge is -2.37. The van der Waals surface area contributed by atoms with E-state index in [1.54, 1.807) is 32.0 Å². The Morgan fingerprint density at radius 3 is 2.30 bits per heavy atom. The molecule has 2 atom stereocenters. The fraction of sp³-hybridized carbons (Fsp3) is 0.500. The average Bonchev–Trinajstić information content (AvgIpc) is 2.68. The van der Waals surface area contributed by atoms with Gasteiger partial charge in [-0.1, -0.05) is 0 Å². The average molecular weight is 468 g/mol. The number of aromatic nitrogens is 1. The number of hydrogen-bond acceptors (Lipinski definition) is 4. The molecule has 0 radical (unpaired) electrons. The van der Waals surface area contributed by atoms with Crippen molar-refractivity contribution in [2.75, 3.05) is 18.0 Å². The number of ether oxygens (including phenoxy) is 1. The fourth-order valence-electron chi connectivity index (χ4n) is 4.20. The molecule has 1 aromatic heterocycles. The summed E-state index contributed by atoms with van der Waals surface area (Å²) in [4.78, 5) is 18.4. The molecule has 1 fully saturated rings. The molecule has 0 bridgehead atoms. The number of rotatable bonds is 6. The van der Waals surface area contributed by atoms with Gasteiger partial charge in [0.05, 0.1) is 18.6 Å². The van der Waals surface area contributed by atoms with Crippen molar-refractivity contribution in [3.05, 3.63) is 47.0 Å². The maximum absolute atomic E-state index is 15.5. The number of alkyl halides is 3. The molecular weight excluding hydrogens is 438 g/mol. The Morgan fingerprint density at radius 2 is 1.73 bits per heavy atom. The van der Waals surface area contributed by atoms with Crippen LogP contribution in [-0.4, -0.2) is 42.4 Å². The van der Waals surface area contributed by atoms with Crippen molar-refractivity contribution in [2.45, 2.75) is 65.5 Å². The monoisotopic (exact) mass is 467 g/mol. The Bertz CT molecular complexity index is 980. The summed E-state index contributed by atoms with van der Waals surface area (Å²) in [6.45, 7) is 8.56. The van der Waals surface area contributed by atoms with E-state index in [0.29, 0.717) is 46.9 Å². The summed E-state index contributed by atoms with van der Waals surface area (Å²) >= 11 is 0. The molecule has 0 unspecified atom stereocenters. The number of anilines is 1. The lowest BCUT2D eigenvalue weighted by Crippen LogP contribution is -2.45. The molecule has 180 valence electrons. The molecule has 33 heavy (non-hydrogen) atoms. The minimum Gasteiger partial charge on any atom is -0.372 e. The molecule has 0 saturated carbocycles. The summed E-state index contributed by atoms with van der Waals surface area (Å²) in [6.07, 6.45) is -6.36. The molecule has 3 rings (SSSR count). The van der Waals surface area contributed by atoms with Gasteiger partial charge in [-0.15, -0.1) is 0 Å². The highest BCUT2D eigenvalue weighted by molar-refractivity contribution is 5.77. The zero-order chi connectivity index (χ0) is 24.3. The van der Waals surface area contributed by atoms with Crippen LogP contribution >= 0.6 is 0 Å². The van der Waals surface area contributed by atoms with Crippen LogP contribution in [0, 0.1) is 19.7 Å². The second kappa shape index (κ2) is 10.1. The van der Waals surface area contributed by atoms with Crippen molar-refractivity contribution in [3.63, 3.8) is 0 Å². The van der Waals surface area contributed by atoms with Gasteiger partial charge >= 0.3 is 6.18 Å². The zero-order valence-electron chi connectivity index (χ0n) is 19.2. The molecule has 1 N–H and O–H groups in total. The van der Waals surface area contributed by atoms with Gasteiger partial charge in [0.1, 0.15) is 5.82 Å². The summed E-state index contributed by atoms with van der Waals surface area (Å²) < 4.78 is 58.6. The van der Waals surface area contributed by atoms with Crippen LogP contribution in [0.25, 0.3) is 11.1 Å². The van der Waals surface area contributed by atoms with Crippen LogP contribution in [0.3, 0.4) is 0 Å². The van der Waals surface area contributed by atoms with Crippen LogP contribution in [0.5, 0.6) is 0 Å². The first-order chi connectivity index (χ1) is 15.4. The van der Waals surface area contributed by atoms with Crippen molar-refractivity contribution < 1.29 is 27.1 Å². The lowest BCUT2D eigenvalue weighted by atomic mass is 9.97. The first-order valence-corrected chi connectivity index (χ1v) is 10.9. The lowest BCUT2D eigenvalue weighted by molar-refractivity contribution is -0.144. The van der Waals surface area contributed by atoms with Gasteiger partial charge in [0.15, 0.2) is 0 Å². The summed E-state index contributed by atoms with van der Waals surface area (Å²) in [7, 11) is 0. The van der Waals surface area contributed by atoms with Crippen molar-refractivity contribution >= 4 is 11.6 Å². The molecule has 1 aromatic carbocycles. The quantitative estimate of drug-likeness (QED) is 0.603. The smallest absolute Gasteiger partial charge is 0.372 e. The Hall–Kier alpha value is -2.68. The highest BCUT2D eigenvalue weighted by Gasteiger charge is 2.28. The van der Waals surface area contributed by atoms with E-state index in [1.165, 1.54) is 6.07 Å². The van der Waals surface area contributed by atoms with Crippen LogP contribution in [0.15, 0.2) is 24.3 Å². The Kier molecular flexibility index (Phi) is 7.62. The highest BCUT2D eigenvalue weighted by Crippen LogP contribution is 2.33. The third-order valence-electron chi connectivity index (χ3n) is 5.42. The zero-order valence-corrected chi connectivity index (χ0v) is 19.2. The Balaban J connectivity index is 1.95. The second-order valence-electron chi connectivity index (χ2n) is 8.65. The second-order valence-corrected chi connectivity index (χ2v) is 8.65. The van der Waals surface area contributed by atoms with E-state index in [4.69, 9.17) is 4.74 Å². The van der Waals surface area contributed by atoms with Crippen LogP contribution in [0.4, 0.5) is 23.2 Å². The van der Waals surface area contributed by atoms with Crippen LogP contribution in [-0.2, 0) is 16.1 Å². The van der Waals surface area contributed by atoms with E-state index in [2.05, 4.69) is 10.3 Å². The van der Waals surface area contributed by atoms with E-state index in [0.717, 1.165) is 0 Å². The SMILES string of the molecule is Cc1cc(-c2c(F)cc(N3C[C@@H](C)O[C@@H](C)C3)cc2CNC(=O)CCC(F)(F)F)cc(C)n1. The molecule has 5 nitrogen and oxygen atoms in total. The van der Waals surface area contributed by atoms with E-state index in [-0.39, 0.29) is 18.8 Å². The van der Waals surface area contributed by atoms with E-state index in [9.17, 15) is 18.0 Å². The molecule has 2 aromatic rings. The third-order valence-corrected chi connectivity index (χ3v) is 5.42. The van der Waals surface area contributed by atoms with Gasteiger partial charge in [0, 0.05) is 48.7 Å². The Morgan fingerprint density at radius 1 is 1.12 bits per heavy atom. The molecule has 0 aliphatic carbocycles. The van der Waals surface area contributed by atoms with Gasteiger partial charge in [0.2, 0.25) is 5.91 Å². The third kappa shape index (κ3) is 6.90. The van der Waals surface area contributed by atoms with Crippen LogP contribution < -0.4 is 10.2 Å². The molecular formula is C24H29F4N3O2. The number of benzene rings is 1. The molecule has 2 heterocycles. The number of nitrogens with one attached hydrogen (secondary N) is 1. The van der Waals surface area contributed by atoms with Crippen molar-refractivity contribution in [1.29, 1.82) is 0 Å². The molecule has 9 heteroatoms. The summed E-state index contributed by atoms with van der Waals surface area (Å²) in [5.74, 6) is -1.20. The molecule has 0 spiro atoms. The van der Waals surface area contributed by atoms with Gasteiger partial charge in [-0.25, -0.2) is 4.39 Å². The number of halogens is 4. The van der Waals surface area contributed by atoms with Gasteiger partial charge in [-0.05, 0) is 63.1 Å². The van der Waals surface area contributed by atoms with Crippen molar-refractivity contribution in [2.24, 2.45) is 0 Å². The standard InChI is InChI=1S/C24H29F4N3O2/c1-14-7-18(8-15(2)30-14)23-19(11-29-22(32)5-6-24(26,27)28)9-20(10-21(23)25)31-12-16(3)33-17(4)13-31/h7-10,16-17H,5-6,11-13H2,1-4H3,(H,29,32)/t16-,17+. The number of carbonyl (C=O) groups is 1. The summed E-state index contributed by atoms with van der Waals surface area (Å²) in [6, 6.07) is 6.75. The van der Waals surface area contributed by atoms with Gasteiger partial charge in [-0.2, -0.15) is 13.2 Å². The minimum absolute atomic E-state index is 0.0347. The molecule has 1 saturated heterocycles. The molecule has 1 aliphatic heterocycles. The maximum atomic E-state index is 15.5. The molecule has 1 amide bonds. The van der Waals surface area contributed by atoms with Crippen molar-refractivity contribution in [3.8, 4) is 11.1 Å².